The molecule has 0 radical (unpaired) electrons. The van der Waals surface area contributed by atoms with Crippen LogP contribution < -0.4 is 10.9 Å². The number of hydrazine groups is 1. The lowest BCUT2D eigenvalue weighted by atomic mass is 10.4. The Kier molecular flexibility index (Phi) is 2.46. The highest BCUT2D eigenvalue weighted by molar-refractivity contribution is 8.23. The van der Waals surface area contributed by atoms with Crippen LogP contribution in [0.3, 0.4) is 0 Å². The van der Waals surface area contributed by atoms with Crippen LogP contribution in [0.4, 0.5) is 0 Å². The highest BCUT2D eigenvalue weighted by Crippen LogP contribution is 2.32. The van der Waals surface area contributed by atoms with E-state index in [1.807, 2.05) is 7.05 Å². The SMILES string of the molecule is Cn1cc(Cl)c([C@@H]2NNC(=S)S2)n1. The summed E-state index contributed by atoms with van der Waals surface area (Å²) in [5.41, 5.74) is 6.64. The topological polar surface area (TPSA) is 41.9 Å². The molecule has 1 aromatic heterocycles. The third kappa shape index (κ3) is 1.80. The number of hydrogen-bond acceptors (Lipinski definition) is 4. The lowest BCUT2D eigenvalue weighted by Crippen LogP contribution is -2.27. The molecule has 2 N–H and O–H groups in total. The number of halogens is 1. The maximum Gasteiger partial charge on any atom is 0.150 e. The van der Waals surface area contributed by atoms with Crippen molar-refractivity contribution in [3.05, 3.63) is 16.9 Å². The van der Waals surface area contributed by atoms with Crippen LogP contribution in [0.15, 0.2) is 6.20 Å². The van der Waals surface area contributed by atoms with E-state index in [1.165, 1.54) is 11.8 Å². The van der Waals surface area contributed by atoms with Crippen molar-refractivity contribution < 1.29 is 0 Å². The second-order valence-electron chi connectivity index (χ2n) is 2.59. The minimum atomic E-state index is 0.0150. The Balaban J connectivity index is 2.25. The van der Waals surface area contributed by atoms with Gasteiger partial charge in [-0.25, -0.2) is 5.43 Å². The zero-order valence-electron chi connectivity index (χ0n) is 6.74. The fourth-order valence-electron chi connectivity index (χ4n) is 1.07. The molecule has 1 fully saturated rings. The molecule has 0 aromatic carbocycles. The van der Waals surface area contributed by atoms with E-state index < -0.39 is 0 Å². The van der Waals surface area contributed by atoms with Crippen LogP contribution in [0.2, 0.25) is 5.02 Å². The fraction of sp³-hybridized carbons (Fsp3) is 0.333. The summed E-state index contributed by atoms with van der Waals surface area (Å²) in [7, 11) is 1.83. The molecule has 2 heterocycles. The standard InChI is InChI=1S/C6H7ClN4S2/c1-11-2-3(7)4(10-11)5-8-9-6(12)13-5/h2,5,8H,1H3,(H,9,12)/t5-/m1/s1. The van der Waals surface area contributed by atoms with Crippen molar-refractivity contribution in [2.75, 3.05) is 0 Å². The summed E-state index contributed by atoms with van der Waals surface area (Å²) in [4.78, 5) is 0. The molecule has 0 spiro atoms. The molecule has 0 amide bonds. The number of nitrogens with one attached hydrogen (secondary N) is 2. The third-order valence-corrected chi connectivity index (χ3v) is 3.16. The van der Waals surface area contributed by atoms with E-state index in [4.69, 9.17) is 23.8 Å². The number of aryl methyl sites for hydroxylation is 1. The largest absolute Gasteiger partial charge is 0.305 e. The molecule has 13 heavy (non-hydrogen) atoms. The summed E-state index contributed by atoms with van der Waals surface area (Å²) < 4.78 is 2.40. The Morgan fingerprint density at radius 1 is 1.77 bits per heavy atom. The molecule has 0 bridgehead atoms. The summed E-state index contributed by atoms with van der Waals surface area (Å²) >= 11 is 12.4. The van der Waals surface area contributed by atoms with E-state index in [2.05, 4.69) is 16.0 Å². The average molecular weight is 235 g/mol. The molecule has 0 unspecified atom stereocenters. The summed E-state index contributed by atoms with van der Waals surface area (Å²) in [5, 5.41) is 4.90. The van der Waals surface area contributed by atoms with Crippen molar-refractivity contribution in [1.82, 2.24) is 20.6 Å². The number of thiocarbonyl (C=S) groups is 1. The molecule has 0 saturated carbocycles. The Morgan fingerprint density at radius 2 is 2.54 bits per heavy atom. The average Bonchev–Trinajstić information content (AvgIpc) is 2.58. The van der Waals surface area contributed by atoms with Gasteiger partial charge in [0.15, 0.2) is 0 Å². The monoisotopic (exact) mass is 234 g/mol. The Morgan fingerprint density at radius 3 is 3.00 bits per heavy atom. The third-order valence-electron chi connectivity index (χ3n) is 1.59. The molecule has 1 aliphatic rings. The molecular weight excluding hydrogens is 228 g/mol. The predicted molar refractivity (Wildman–Crippen MR) is 57.4 cm³/mol. The lowest BCUT2D eigenvalue weighted by Gasteiger charge is -2.03. The highest BCUT2D eigenvalue weighted by atomic mass is 35.5. The van der Waals surface area contributed by atoms with Crippen molar-refractivity contribution in [1.29, 1.82) is 0 Å². The van der Waals surface area contributed by atoms with E-state index in [1.54, 1.807) is 10.9 Å². The molecule has 2 rings (SSSR count). The second-order valence-corrected chi connectivity index (χ2v) is 4.78. The number of thioether (sulfide) groups is 1. The van der Waals surface area contributed by atoms with Crippen molar-refractivity contribution in [3.63, 3.8) is 0 Å². The first-order valence-electron chi connectivity index (χ1n) is 3.58. The zero-order chi connectivity index (χ0) is 9.42. The van der Waals surface area contributed by atoms with Gasteiger partial charge in [-0.3, -0.25) is 4.68 Å². The van der Waals surface area contributed by atoms with Gasteiger partial charge in [0, 0.05) is 13.2 Å². The van der Waals surface area contributed by atoms with Gasteiger partial charge in [-0.2, -0.15) is 5.10 Å². The molecule has 1 atom stereocenters. The molecule has 7 heteroatoms. The number of aromatic nitrogens is 2. The number of hydrogen-bond donors (Lipinski definition) is 2. The first-order valence-corrected chi connectivity index (χ1v) is 5.24. The van der Waals surface area contributed by atoms with Gasteiger partial charge >= 0.3 is 0 Å². The quantitative estimate of drug-likeness (QED) is 0.715. The Hall–Kier alpha value is -0.300. The van der Waals surface area contributed by atoms with Crippen LogP contribution in [0.1, 0.15) is 11.1 Å². The normalized spacial score (nSPS) is 22.0. The van der Waals surface area contributed by atoms with Crippen LogP contribution in [-0.2, 0) is 7.05 Å². The van der Waals surface area contributed by atoms with Crippen LogP contribution >= 0.6 is 35.6 Å². The molecule has 0 aliphatic carbocycles. The summed E-state index contributed by atoms with van der Waals surface area (Å²) in [6, 6.07) is 0. The molecule has 4 nitrogen and oxygen atoms in total. The van der Waals surface area contributed by atoms with E-state index in [-0.39, 0.29) is 5.37 Å². The summed E-state index contributed by atoms with van der Waals surface area (Å²) in [5.74, 6) is 0. The highest BCUT2D eigenvalue weighted by Gasteiger charge is 2.25. The molecule has 1 aromatic rings. The van der Waals surface area contributed by atoms with E-state index in [9.17, 15) is 0 Å². The van der Waals surface area contributed by atoms with Gasteiger partial charge in [-0.1, -0.05) is 35.6 Å². The molecule has 1 aliphatic heterocycles. The maximum atomic E-state index is 5.97. The first-order chi connectivity index (χ1) is 6.16. The van der Waals surface area contributed by atoms with Gasteiger partial charge in [0.1, 0.15) is 15.4 Å². The van der Waals surface area contributed by atoms with E-state index in [0.717, 1.165) is 5.69 Å². The van der Waals surface area contributed by atoms with E-state index in [0.29, 0.717) is 9.34 Å². The zero-order valence-corrected chi connectivity index (χ0v) is 9.13. The van der Waals surface area contributed by atoms with Crippen molar-refractivity contribution in [3.8, 4) is 0 Å². The summed E-state index contributed by atoms with van der Waals surface area (Å²) in [6.45, 7) is 0. The number of nitrogens with zero attached hydrogens (tertiary/aromatic N) is 2. The molecule has 1 saturated heterocycles. The molecular formula is C6H7ClN4S2. The maximum absolute atomic E-state index is 5.97. The van der Waals surface area contributed by atoms with Gasteiger partial charge in [0.25, 0.3) is 0 Å². The van der Waals surface area contributed by atoms with Crippen molar-refractivity contribution >= 4 is 39.9 Å². The van der Waals surface area contributed by atoms with Crippen LogP contribution in [0.5, 0.6) is 0 Å². The Bertz CT molecular complexity index is 350. The fourth-order valence-corrected chi connectivity index (χ4v) is 2.50. The van der Waals surface area contributed by atoms with Gasteiger partial charge in [-0.15, -0.1) is 0 Å². The van der Waals surface area contributed by atoms with Crippen LogP contribution in [0, 0.1) is 0 Å². The first kappa shape index (κ1) is 9.26. The minimum Gasteiger partial charge on any atom is -0.305 e. The Labute approximate surface area is 90.0 Å². The van der Waals surface area contributed by atoms with Crippen molar-refractivity contribution in [2.24, 2.45) is 7.05 Å². The van der Waals surface area contributed by atoms with Gasteiger partial charge < -0.3 is 5.43 Å². The van der Waals surface area contributed by atoms with Crippen LogP contribution in [0.25, 0.3) is 0 Å². The van der Waals surface area contributed by atoms with Gasteiger partial charge in [0.05, 0.1) is 5.02 Å². The van der Waals surface area contributed by atoms with Gasteiger partial charge in [-0.05, 0) is 0 Å². The summed E-state index contributed by atoms with van der Waals surface area (Å²) in [6.07, 6.45) is 1.76. The smallest absolute Gasteiger partial charge is 0.150 e. The number of rotatable bonds is 1. The van der Waals surface area contributed by atoms with Crippen LogP contribution in [-0.4, -0.2) is 14.1 Å². The van der Waals surface area contributed by atoms with Crippen molar-refractivity contribution in [2.45, 2.75) is 5.37 Å². The minimum absolute atomic E-state index is 0.0150. The lowest BCUT2D eigenvalue weighted by molar-refractivity contribution is 0.637. The second kappa shape index (κ2) is 3.45. The van der Waals surface area contributed by atoms with E-state index >= 15 is 0 Å². The van der Waals surface area contributed by atoms with Gasteiger partial charge in [0.2, 0.25) is 0 Å². The predicted octanol–water partition coefficient (Wildman–Crippen LogP) is 1.20. The molecule has 70 valence electrons.